The van der Waals surface area contributed by atoms with Crippen LogP contribution in [0.1, 0.15) is 57.8 Å². The number of hydrogen-bond donors (Lipinski definition) is 0. The molecule has 0 N–H and O–H groups in total. The molecule has 1 aliphatic heterocycles. The van der Waals surface area contributed by atoms with E-state index in [0.717, 1.165) is 30.3 Å². The van der Waals surface area contributed by atoms with Gasteiger partial charge in [-0.15, -0.1) is 0 Å². The molecule has 1 atom stereocenters. The van der Waals surface area contributed by atoms with Gasteiger partial charge >= 0.3 is 5.97 Å². The minimum absolute atomic E-state index is 0.0355. The molecule has 2 nitrogen and oxygen atoms in total. The van der Waals surface area contributed by atoms with E-state index < -0.39 is 0 Å². The van der Waals surface area contributed by atoms with Gasteiger partial charge in [0.2, 0.25) is 0 Å². The van der Waals surface area contributed by atoms with Gasteiger partial charge in [-0.05, 0) is 30.9 Å². The Hall–Kier alpha value is -0.180. The molecule has 1 aliphatic carbocycles. The van der Waals surface area contributed by atoms with Gasteiger partial charge in [0.15, 0.2) is 0 Å². The lowest BCUT2D eigenvalue weighted by atomic mass is 9.86. The van der Waals surface area contributed by atoms with Crippen LogP contribution in [0.15, 0.2) is 0 Å². The maximum atomic E-state index is 11.6. The fourth-order valence-corrected chi connectivity index (χ4v) is 3.96. The molecule has 0 aromatic rings. The molecular weight excluding hydrogens is 232 g/mol. The van der Waals surface area contributed by atoms with Gasteiger partial charge in [0.05, 0.1) is 0 Å². The zero-order valence-electron chi connectivity index (χ0n) is 10.7. The van der Waals surface area contributed by atoms with Crippen molar-refractivity contribution in [3.63, 3.8) is 0 Å². The highest BCUT2D eigenvalue weighted by molar-refractivity contribution is 7.99. The highest BCUT2D eigenvalue weighted by Crippen LogP contribution is 2.28. The van der Waals surface area contributed by atoms with Crippen LogP contribution in [0.5, 0.6) is 0 Å². The third kappa shape index (κ3) is 4.90. The van der Waals surface area contributed by atoms with Gasteiger partial charge in [0.25, 0.3) is 0 Å². The fraction of sp³-hybridized carbons (Fsp3) is 0.929. The van der Waals surface area contributed by atoms with Crippen molar-refractivity contribution in [3.8, 4) is 0 Å². The zero-order chi connectivity index (χ0) is 11.9. The molecule has 0 amide bonds. The highest BCUT2D eigenvalue weighted by Gasteiger charge is 2.20. The molecule has 0 bridgehead atoms. The van der Waals surface area contributed by atoms with Crippen LogP contribution in [0.4, 0.5) is 0 Å². The molecule has 2 rings (SSSR count). The van der Waals surface area contributed by atoms with E-state index in [1.807, 2.05) is 11.8 Å². The molecule has 17 heavy (non-hydrogen) atoms. The molecular formula is C14H24O2S. The van der Waals surface area contributed by atoms with Crippen LogP contribution in [-0.2, 0) is 9.53 Å². The topological polar surface area (TPSA) is 26.3 Å². The predicted octanol–water partition coefficient (Wildman–Crippen LogP) is 3.79. The second-order valence-corrected chi connectivity index (χ2v) is 6.52. The van der Waals surface area contributed by atoms with Crippen molar-refractivity contribution >= 4 is 17.7 Å². The fourth-order valence-electron chi connectivity index (χ4n) is 2.86. The third-order valence-electron chi connectivity index (χ3n) is 3.90. The van der Waals surface area contributed by atoms with Crippen molar-refractivity contribution < 1.29 is 9.53 Å². The Kier molecular flexibility index (Phi) is 5.69. The summed E-state index contributed by atoms with van der Waals surface area (Å²) in [5.74, 6) is 3.08. The molecule has 98 valence electrons. The lowest BCUT2D eigenvalue weighted by Crippen LogP contribution is -2.17. The SMILES string of the molecule is O=C(CCCC1CCCCC1)OC1CCSC1. The van der Waals surface area contributed by atoms with Crippen LogP contribution in [0.2, 0.25) is 0 Å². The highest BCUT2D eigenvalue weighted by atomic mass is 32.2. The minimum atomic E-state index is 0.0355. The molecule has 1 unspecified atom stereocenters. The lowest BCUT2D eigenvalue weighted by molar-refractivity contribution is -0.148. The maximum absolute atomic E-state index is 11.6. The Morgan fingerprint density at radius 1 is 1.18 bits per heavy atom. The smallest absolute Gasteiger partial charge is 0.306 e. The number of rotatable bonds is 5. The van der Waals surface area contributed by atoms with E-state index in [1.165, 1.54) is 38.5 Å². The first kappa shape index (κ1) is 13.3. The summed E-state index contributed by atoms with van der Waals surface area (Å²) in [4.78, 5) is 11.6. The Balaban J connectivity index is 1.53. The van der Waals surface area contributed by atoms with Crippen LogP contribution >= 0.6 is 11.8 Å². The standard InChI is InChI=1S/C14H24O2S/c15-14(16-13-9-10-17-11-13)8-4-7-12-5-2-1-3-6-12/h12-13H,1-11H2. The molecule has 0 spiro atoms. The molecule has 0 aromatic carbocycles. The van der Waals surface area contributed by atoms with Crippen molar-refractivity contribution in [1.82, 2.24) is 0 Å². The van der Waals surface area contributed by atoms with Crippen molar-refractivity contribution in [1.29, 1.82) is 0 Å². The quantitative estimate of drug-likeness (QED) is 0.700. The minimum Gasteiger partial charge on any atom is -0.461 e. The van der Waals surface area contributed by atoms with E-state index in [1.54, 1.807) is 0 Å². The van der Waals surface area contributed by atoms with E-state index in [0.29, 0.717) is 6.42 Å². The van der Waals surface area contributed by atoms with Crippen molar-refractivity contribution in [3.05, 3.63) is 0 Å². The molecule has 2 fully saturated rings. The van der Waals surface area contributed by atoms with Crippen LogP contribution in [0.25, 0.3) is 0 Å². The van der Waals surface area contributed by atoms with Gasteiger partial charge in [-0.2, -0.15) is 11.8 Å². The van der Waals surface area contributed by atoms with Gasteiger partial charge in [-0.3, -0.25) is 4.79 Å². The summed E-state index contributed by atoms with van der Waals surface area (Å²) in [6, 6.07) is 0. The monoisotopic (exact) mass is 256 g/mol. The second kappa shape index (κ2) is 7.30. The Morgan fingerprint density at radius 3 is 2.71 bits per heavy atom. The maximum Gasteiger partial charge on any atom is 0.306 e. The van der Waals surface area contributed by atoms with Crippen molar-refractivity contribution in [2.75, 3.05) is 11.5 Å². The number of ether oxygens (including phenoxy) is 1. The van der Waals surface area contributed by atoms with Crippen LogP contribution in [0, 0.1) is 5.92 Å². The number of esters is 1. The normalized spacial score (nSPS) is 26.0. The van der Waals surface area contributed by atoms with E-state index >= 15 is 0 Å². The lowest BCUT2D eigenvalue weighted by Gasteiger charge is -2.21. The Bertz CT molecular complexity index is 230. The van der Waals surface area contributed by atoms with Crippen molar-refractivity contribution in [2.24, 2.45) is 5.92 Å². The summed E-state index contributed by atoms with van der Waals surface area (Å²) in [7, 11) is 0. The van der Waals surface area contributed by atoms with E-state index in [9.17, 15) is 4.79 Å². The first-order valence-corrected chi connectivity index (χ1v) is 8.27. The summed E-state index contributed by atoms with van der Waals surface area (Å²) in [5, 5.41) is 0. The number of carbonyl (C=O) groups excluding carboxylic acids is 1. The summed E-state index contributed by atoms with van der Waals surface area (Å²) in [5.41, 5.74) is 0. The van der Waals surface area contributed by atoms with Crippen molar-refractivity contribution in [2.45, 2.75) is 63.9 Å². The van der Waals surface area contributed by atoms with Gasteiger partial charge in [0.1, 0.15) is 6.10 Å². The first-order chi connectivity index (χ1) is 8.34. The second-order valence-electron chi connectivity index (χ2n) is 5.37. The zero-order valence-corrected chi connectivity index (χ0v) is 11.5. The van der Waals surface area contributed by atoms with Gasteiger partial charge in [0, 0.05) is 12.2 Å². The predicted molar refractivity (Wildman–Crippen MR) is 72.2 cm³/mol. The molecule has 1 saturated heterocycles. The average Bonchev–Trinajstić information content (AvgIpc) is 2.83. The van der Waals surface area contributed by atoms with Crippen LogP contribution in [-0.4, -0.2) is 23.6 Å². The van der Waals surface area contributed by atoms with E-state index in [-0.39, 0.29) is 12.1 Å². The average molecular weight is 256 g/mol. The Labute approximate surface area is 109 Å². The number of hydrogen-bond acceptors (Lipinski definition) is 3. The van der Waals surface area contributed by atoms with Gasteiger partial charge < -0.3 is 4.74 Å². The molecule has 1 saturated carbocycles. The molecule has 1 heterocycles. The Morgan fingerprint density at radius 2 is 2.00 bits per heavy atom. The largest absolute Gasteiger partial charge is 0.461 e. The number of thioether (sulfide) groups is 1. The molecule has 3 heteroatoms. The molecule has 0 radical (unpaired) electrons. The van der Waals surface area contributed by atoms with Gasteiger partial charge in [-0.25, -0.2) is 0 Å². The van der Waals surface area contributed by atoms with Crippen LogP contribution in [0.3, 0.4) is 0 Å². The van der Waals surface area contributed by atoms with Crippen LogP contribution < -0.4 is 0 Å². The molecule has 2 aliphatic rings. The summed E-state index contributed by atoms with van der Waals surface area (Å²) >= 11 is 1.89. The van der Waals surface area contributed by atoms with Gasteiger partial charge in [-0.1, -0.05) is 32.1 Å². The number of carbonyl (C=O) groups is 1. The summed E-state index contributed by atoms with van der Waals surface area (Å²) in [6.07, 6.45) is 11.1. The summed E-state index contributed by atoms with van der Waals surface area (Å²) in [6.45, 7) is 0. The summed E-state index contributed by atoms with van der Waals surface area (Å²) < 4.78 is 5.44. The first-order valence-electron chi connectivity index (χ1n) is 7.12. The van der Waals surface area contributed by atoms with E-state index in [2.05, 4.69) is 0 Å². The molecule has 0 aromatic heterocycles. The van der Waals surface area contributed by atoms with E-state index in [4.69, 9.17) is 4.74 Å². The third-order valence-corrected chi connectivity index (χ3v) is 5.04.